The van der Waals surface area contributed by atoms with E-state index in [2.05, 4.69) is 27.0 Å². The van der Waals surface area contributed by atoms with E-state index < -0.39 is 12.6 Å². The van der Waals surface area contributed by atoms with Crippen LogP contribution >= 0.6 is 15.9 Å². The van der Waals surface area contributed by atoms with Gasteiger partial charge in [-0.25, -0.2) is 9.78 Å². The summed E-state index contributed by atoms with van der Waals surface area (Å²) in [6, 6.07) is 27.8. The van der Waals surface area contributed by atoms with Crippen molar-refractivity contribution in [3.05, 3.63) is 100 Å². The van der Waals surface area contributed by atoms with Gasteiger partial charge < -0.3 is 9.84 Å². The number of carbonyl (C=O) groups is 1. The quantitative estimate of drug-likeness (QED) is 0.287. The first-order valence-corrected chi connectivity index (χ1v) is 11.6. The maximum Gasteiger partial charge on any atom is 0.341 e. The highest BCUT2D eigenvalue weighted by Gasteiger charge is 2.20. The topological polar surface area (TPSA) is 96.1 Å². The van der Waals surface area contributed by atoms with E-state index in [0.29, 0.717) is 17.9 Å². The van der Waals surface area contributed by atoms with Crippen LogP contribution in [0.4, 0.5) is 0 Å². The van der Waals surface area contributed by atoms with Gasteiger partial charge in [0.15, 0.2) is 12.4 Å². The van der Waals surface area contributed by atoms with Crippen LogP contribution in [0.25, 0.3) is 32.9 Å². The van der Waals surface area contributed by atoms with Gasteiger partial charge in [-0.15, -0.1) is 0 Å². The summed E-state index contributed by atoms with van der Waals surface area (Å²) in [5.74, 6) is -0.829. The molecule has 5 aromatic rings. The number of halogens is 1. The lowest BCUT2D eigenvalue weighted by molar-refractivity contribution is -0.139. The van der Waals surface area contributed by atoms with E-state index in [1.165, 1.54) is 0 Å². The normalized spacial score (nSPS) is 10.9. The Morgan fingerprint density at radius 2 is 1.63 bits per heavy atom. The van der Waals surface area contributed by atoms with Gasteiger partial charge >= 0.3 is 5.97 Å². The molecule has 0 amide bonds. The van der Waals surface area contributed by atoms with Crippen LogP contribution in [0.2, 0.25) is 0 Å². The van der Waals surface area contributed by atoms with Crippen LogP contribution in [0.3, 0.4) is 0 Å². The molecule has 0 radical (unpaired) electrons. The van der Waals surface area contributed by atoms with Gasteiger partial charge in [-0.1, -0.05) is 88.7 Å². The number of carboxylic acid groups (broad SMARTS) is 1. The van der Waals surface area contributed by atoms with Gasteiger partial charge in [0.05, 0.1) is 5.69 Å². The van der Waals surface area contributed by atoms with Crippen molar-refractivity contribution in [1.82, 2.24) is 9.97 Å². The van der Waals surface area contributed by atoms with Crippen LogP contribution in [0, 0.1) is 11.3 Å². The molecular formula is C28H18BrN3O3. The van der Waals surface area contributed by atoms with Gasteiger partial charge in [0, 0.05) is 16.5 Å². The van der Waals surface area contributed by atoms with Crippen LogP contribution in [-0.2, 0) is 11.2 Å². The van der Waals surface area contributed by atoms with Gasteiger partial charge in [-0.05, 0) is 33.2 Å². The molecule has 35 heavy (non-hydrogen) atoms. The van der Waals surface area contributed by atoms with E-state index in [4.69, 9.17) is 14.8 Å². The average molecular weight is 524 g/mol. The highest BCUT2D eigenvalue weighted by molar-refractivity contribution is 9.10. The molecule has 1 heterocycles. The summed E-state index contributed by atoms with van der Waals surface area (Å²) in [5.41, 5.74) is 2.35. The zero-order chi connectivity index (χ0) is 24.4. The molecule has 1 aromatic heterocycles. The Hall–Kier alpha value is -4.28. The number of nitrogens with zero attached hydrogens (tertiary/aromatic N) is 3. The SMILES string of the molecule is N#Cc1c(Cc2cccc3ccccc23)nc(-c2cccc3c(Br)cccc23)nc1OCC(=O)O. The molecule has 0 aliphatic heterocycles. The molecule has 7 heteroatoms. The van der Waals surface area contributed by atoms with E-state index >= 15 is 0 Å². The Morgan fingerprint density at radius 1 is 0.914 bits per heavy atom. The second-order valence-electron chi connectivity index (χ2n) is 7.92. The number of ether oxygens (including phenoxy) is 1. The molecule has 170 valence electrons. The summed E-state index contributed by atoms with van der Waals surface area (Å²) < 4.78 is 6.40. The summed E-state index contributed by atoms with van der Waals surface area (Å²) >= 11 is 3.59. The maximum absolute atomic E-state index is 11.2. The second-order valence-corrected chi connectivity index (χ2v) is 8.78. The molecular weight excluding hydrogens is 506 g/mol. The predicted octanol–water partition coefficient (Wildman–Crippen LogP) is 6.14. The fraction of sp³-hybridized carbons (Fsp3) is 0.0714. The fourth-order valence-electron chi connectivity index (χ4n) is 4.17. The van der Waals surface area contributed by atoms with Gasteiger partial charge in [-0.2, -0.15) is 10.2 Å². The third kappa shape index (κ3) is 4.44. The molecule has 4 aromatic carbocycles. The molecule has 6 nitrogen and oxygen atoms in total. The van der Waals surface area contributed by atoms with Crippen molar-refractivity contribution in [3.63, 3.8) is 0 Å². The van der Waals surface area contributed by atoms with Crippen molar-refractivity contribution in [3.8, 4) is 23.3 Å². The molecule has 0 bridgehead atoms. The highest BCUT2D eigenvalue weighted by Crippen LogP contribution is 2.33. The third-order valence-corrected chi connectivity index (χ3v) is 6.43. The van der Waals surface area contributed by atoms with E-state index in [9.17, 15) is 10.1 Å². The van der Waals surface area contributed by atoms with Crippen LogP contribution in [0.15, 0.2) is 83.3 Å². The smallest absolute Gasteiger partial charge is 0.341 e. The summed E-state index contributed by atoms with van der Waals surface area (Å²) in [7, 11) is 0. The Bertz CT molecular complexity index is 1640. The molecule has 0 fully saturated rings. The first kappa shape index (κ1) is 22.5. The van der Waals surface area contributed by atoms with E-state index in [1.807, 2.05) is 78.9 Å². The minimum Gasteiger partial charge on any atom is -0.479 e. The number of nitriles is 1. The van der Waals surface area contributed by atoms with Gasteiger partial charge in [0.25, 0.3) is 0 Å². The van der Waals surface area contributed by atoms with E-state index in [-0.39, 0.29) is 11.4 Å². The van der Waals surface area contributed by atoms with Crippen molar-refractivity contribution in [2.24, 2.45) is 0 Å². The molecule has 0 aliphatic carbocycles. The summed E-state index contributed by atoms with van der Waals surface area (Å²) in [6.45, 7) is -0.611. The summed E-state index contributed by atoms with van der Waals surface area (Å²) in [4.78, 5) is 20.5. The van der Waals surface area contributed by atoms with Crippen LogP contribution < -0.4 is 4.74 Å². The molecule has 0 atom stereocenters. The number of carboxylic acids is 1. The lowest BCUT2D eigenvalue weighted by Crippen LogP contribution is -2.13. The monoisotopic (exact) mass is 523 g/mol. The second kappa shape index (κ2) is 9.53. The number of rotatable bonds is 6. The Kier molecular flexibility index (Phi) is 6.13. The Morgan fingerprint density at radius 3 is 2.46 bits per heavy atom. The minimum atomic E-state index is -1.15. The van der Waals surface area contributed by atoms with Crippen molar-refractivity contribution in [2.75, 3.05) is 6.61 Å². The lowest BCUT2D eigenvalue weighted by Gasteiger charge is -2.14. The molecule has 0 aliphatic rings. The number of benzene rings is 4. The molecule has 0 saturated carbocycles. The van der Waals surface area contributed by atoms with Gasteiger partial charge in [-0.3, -0.25) is 0 Å². The average Bonchev–Trinajstić information content (AvgIpc) is 2.87. The zero-order valence-electron chi connectivity index (χ0n) is 18.4. The maximum atomic E-state index is 11.2. The van der Waals surface area contributed by atoms with Crippen molar-refractivity contribution >= 4 is 43.4 Å². The van der Waals surface area contributed by atoms with Crippen molar-refractivity contribution in [1.29, 1.82) is 5.26 Å². The minimum absolute atomic E-state index is 0.0397. The predicted molar refractivity (Wildman–Crippen MR) is 137 cm³/mol. The first-order valence-electron chi connectivity index (χ1n) is 10.8. The Labute approximate surface area is 209 Å². The summed E-state index contributed by atoms with van der Waals surface area (Å²) in [5, 5.41) is 23.2. The third-order valence-electron chi connectivity index (χ3n) is 5.74. The van der Waals surface area contributed by atoms with Crippen LogP contribution in [0.1, 0.15) is 16.8 Å². The van der Waals surface area contributed by atoms with Gasteiger partial charge in [0.1, 0.15) is 11.6 Å². The fourth-order valence-corrected chi connectivity index (χ4v) is 4.67. The lowest BCUT2D eigenvalue weighted by atomic mass is 9.99. The number of aliphatic carboxylic acids is 1. The van der Waals surface area contributed by atoms with Crippen molar-refractivity contribution in [2.45, 2.75) is 6.42 Å². The molecule has 0 spiro atoms. The molecule has 1 N–H and O–H groups in total. The number of aromatic nitrogens is 2. The number of fused-ring (bicyclic) bond motifs is 2. The molecule has 5 rings (SSSR count). The van der Waals surface area contributed by atoms with Gasteiger partial charge in [0.2, 0.25) is 5.88 Å². The Balaban J connectivity index is 1.72. The van der Waals surface area contributed by atoms with Crippen molar-refractivity contribution < 1.29 is 14.6 Å². The highest BCUT2D eigenvalue weighted by atomic mass is 79.9. The largest absolute Gasteiger partial charge is 0.479 e. The van der Waals surface area contributed by atoms with Crippen LogP contribution in [-0.4, -0.2) is 27.7 Å². The number of hydrogen-bond donors (Lipinski definition) is 1. The molecule has 0 unspecified atom stereocenters. The first-order chi connectivity index (χ1) is 17.0. The summed E-state index contributed by atoms with van der Waals surface area (Å²) in [6.07, 6.45) is 0.359. The van der Waals surface area contributed by atoms with Crippen LogP contribution in [0.5, 0.6) is 5.88 Å². The number of hydrogen-bond acceptors (Lipinski definition) is 5. The van der Waals surface area contributed by atoms with E-state index in [0.717, 1.165) is 37.1 Å². The molecule has 0 saturated heterocycles. The standard InChI is InChI=1S/C28H18BrN3O3/c29-24-13-5-10-20-21(24)11-4-12-22(20)27-31-25(23(15-30)28(32-27)35-16-26(33)34)14-18-8-3-7-17-6-1-2-9-19(17)18/h1-13H,14,16H2,(H,33,34). The van der Waals surface area contributed by atoms with E-state index in [1.54, 1.807) is 0 Å². The zero-order valence-corrected chi connectivity index (χ0v) is 20.0.